The molecule has 0 spiro atoms. The molecule has 0 aliphatic heterocycles. The van der Waals surface area contributed by atoms with Gasteiger partial charge in [-0.05, 0) is 59.4 Å². The van der Waals surface area contributed by atoms with Crippen molar-refractivity contribution >= 4 is 46.4 Å². The van der Waals surface area contributed by atoms with E-state index in [0.29, 0.717) is 28.9 Å². The van der Waals surface area contributed by atoms with E-state index in [1.165, 1.54) is 11.8 Å². The fraction of sp³-hybridized carbons (Fsp3) is 0.208. The number of aromatic nitrogens is 1. The lowest BCUT2D eigenvalue weighted by Crippen LogP contribution is -2.41. The largest absolute Gasteiger partial charge is 0.480 e. The first-order valence-corrected chi connectivity index (χ1v) is 13.3. The van der Waals surface area contributed by atoms with Crippen molar-refractivity contribution in [3.63, 3.8) is 0 Å². The predicted octanol–water partition coefficient (Wildman–Crippen LogP) is 4.60. The van der Waals surface area contributed by atoms with E-state index in [4.69, 9.17) is 12.2 Å². The summed E-state index contributed by atoms with van der Waals surface area (Å²) in [6.07, 6.45) is 3.99. The van der Waals surface area contributed by atoms with Crippen LogP contribution in [0.4, 0.5) is 0 Å². The molecule has 0 bridgehead atoms. The molecule has 1 amide bonds. The summed E-state index contributed by atoms with van der Waals surface area (Å²) in [6, 6.07) is 18.6. The Bertz CT molecular complexity index is 1300. The second-order valence-corrected chi connectivity index (χ2v) is 9.24. The molecule has 3 N–H and O–H groups in total. The standard InChI is InChI=1S/C19H20N2O5S2.C5H5NS/c1-27-10-9-17(19(23)24)21-18(22)15-8-7-13(12-20-28(25)26)11-16(15)14-5-3-2-4-6-14;7-5-3-1-2-4-6-5/h2-8,11,17H,9-10,12H2,1H3,(H,21,22)(H,23,24);1-4H,(H,6,7). The molecule has 3 rings (SSSR count). The van der Waals surface area contributed by atoms with Crippen molar-refractivity contribution in [3.05, 3.63) is 88.7 Å². The summed E-state index contributed by atoms with van der Waals surface area (Å²) in [7, 11) is -2.52. The van der Waals surface area contributed by atoms with Gasteiger partial charge in [-0.1, -0.05) is 54.7 Å². The second kappa shape index (κ2) is 14.9. The highest BCUT2D eigenvalue weighted by atomic mass is 32.2. The molecule has 3 aromatic rings. The lowest BCUT2D eigenvalue weighted by atomic mass is 9.96. The van der Waals surface area contributed by atoms with E-state index >= 15 is 0 Å². The summed E-state index contributed by atoms with van der Waals surface area (Å²) in [5, 5.41) is 11.9. The number of nitrogens with one attached hydrogen (secondary N) is 2. The lowest BCUT2D eigenvalue weighted by molar-refractivity contribution is -0.139. The molecule has 11 heteroatoms. The van der Waals surface area contributed by atoms with E-state index < -0.39 is 28.4 Å². The smallest absolute Gasteiger partial charge is 0.326 e. The van der Waals surface area contributed by atoms with Gasteiger partial charge < -0.3 is 15.4 Å². The maximum absolute atomic E-state index is 12.8. The van der Waals surface area contributed by atoms with Gasteiger partial charge in [0.25, 0.3) is 5.91 Å². The van der Waals surface area contributed by atoms with Gasteiger partial charge in [-0.25, -0.2) is 4.79 Å². The number of H-pyrrole nitrogens is 1. The van der Waals surface area contributed by atoms with Crippen molar-refractivity contribution in [2.45, 2.75) is 19.0 Å². The van der Waals surface area contributed by atoms with Gasteiger partial charge in [0.1, 0.15) is 10.7 Å². The first kappa shape index (κ1) is 28.0. The number of carboxylic acid groups (broad SMARTS) is 1. The number of hydrogen-bond acceptors (Lipinski definition) is 7. The van der Waals surface area contributed by atoms with Gasteiger partial charge in [-0.3, -0.25) is 4.79 Å². The van der Waals surface area contributed by atoms with Crippen LogP contribution in [0, 0.1) is 4.64 Å². The molecule has 8 nitrogen and oxygen atoms in total. The number of thioether (sulfide) groups is 1. The number of hydrogen-bond donors (Lipinski definition) is 3. The van der Waals surface area contributed by atoms with E-state index in [1.54, 1.807) is 18.2 Å². The molecule has 35 heavy (non-hydrogen) atoms. The number of aliphatic carboxylic acids is 1. The highest BCUT2D eigenvalue weighted by molar-refractivity contribution is 7.98. The van der Waals surface area contributed by atoms with E-state index in [9.17, 15) is 23.1 Å². The number of carbonyl (C=O) groups is 2. The third kappa shape index (κ3) is 9.85. The fourth-order valence-electron chi connectivity index (χ4n) is 2.98. The second-order valence-electron chi connectivity index (χ2n) is 7.12. The Hall–Kier alpha value is -3.28. The zero-order valence-electron chi connectivity index (χ0n) is 18.9. The summed E-state index contributed by atoms with van der Waals surface area (Å²) < 4.78 is 25.6. The van der Waals surface area contributed by atoms with Crippen LogP contribution in [0.15, 0.2) is 77.3 Å². The molecule has 2 aromatic carbocycles. The Kier molecular flexibility index (Phi) is 11.9. The summed E-state index contributed by atoms with van der Waals surface area (Å²) in [5.74, 6) is -0.976. The molecule has 0 radical (unpaired) electrons. The first-order chi connectivity index (χ1) is 16.8. The zero-order valence-corrected chi connectivity index (χ0v) is 21.3. The minimum Gasteiger partial charge on any atom is -0.480 e. The van der Waals surface area contributed by atoms with Crippen molar-refractivity contribution in [1.29, 1.82) is 0 Å². The Balaban J connectivity index is 0.000000527. The molecule has 0 saturated carbocycles. The van der Waals surface area contributed by atoms with E-state index in [1.807, 2.05) is 61.0 Å². The Morgan fingerprint density at radius 2 is 1.83 bits per heavy atom. The molecule has 0 aliphatic carbocycles. The number of aromatic amines is 1. The first-order valence-electron chi connectivity index (χ1n) is 10.4. The summed E-state index contributed by atoms with van der Waals surface area (Å²) in [4.78, 5) is 27.1. The Morgan fingerprint density at radius 1 is 1.11 bits per heavy atom. The molecule has 1 unspecified atom stereocenters. The van der Waals surface area contributed by atoms with Gasteiger partial charge in [0.2, 0.25) is 0 Å². The maximum Gasteiger partial charge on any atom is 0.326 e. The quantitative estimate of drug-likeness (QED) is 0.344. The Morgan fingerprint density at radius 3 is 2.37 bits per heavy atom. The van der Waals surface area contributed by atoms with Gasteiger partial charge >= 0.3 is 16.5 Å². The molecule has 1 atom stereocenters. The van der Waals surface area contributed by atoms with Gasteiger partial charge in [0.15, 0.2) is 0 Å². The van der Waals surface area contributed by atoms with Gasteiger partial charge in [-0.15, -0.1) is 0 Å². The van der Waals surface area contributed by atoms with Crippen molar-refractivity contribution in [1.82, 2.24) is 10.3 Å². The number of pyridine rings is 1. The number of benzene rings is 2. The molecule has 1 aromatic heterocycles. The molecular weight excluding hydrogens is 506 g/mol. The summed E-state index contributed by atoms with van der Waals surface area (Å²) in [5.41, 5.74) is 2.27. The lowest BCUT2D eigenvalue weighted by Gasteiger charge is -2.16. The van der Waals surface area contributed by atoms with Crippen LogP contribution in [-0.4, -0.2) is 48.4 Å². The van der Waals surface area contributed by atoms with Gasteiger partial charge in [0, 0.05) is 11.8 Å². The molecule has 0 fully saturated rings. The SMILES string of the molecule is CSCCC(NC(=O)c1ccc(CN=S(=O)=O)cc1-c1ccccc1)C(=O)O.S=c1cccc[nH]1. The average molecular weight is 532 g/mol. The van der Waals surface area contributed by atoms with Crippen LogP contribution in [0.3, 0.4) is 0 Å². The summed E-state index contributed by atoms with van der Waals surface area (Å²) in [6.45, 7) is -0.0384. The highest BCUT2D eigenvalue weighted by Gasteiger charge is 2.22. The van der Waals surface area contributed by atoms with Crippen LogP contribution >= 0.6 is 24.0 Å². The van der Waals surface area contributed by atoms with Crippen molar-refractivity contribution in [3.8, 4) is 11.1 Å². The number of rotatable bonds is 9. The average Bonchev–Trinajstić information content (AvgIpc) is 2.86. The van der Waals surface area contributed by atoms with Crippen molar-refractivity contribution in [2.75, 3.05) is 12.0 Å². The van der Waals surface area contributed by atoms with E-state index in [-0.39, 0.29) is 6.54 Å². The number of carbonyl (C=O) groups excluding carboxylic acids is 1. The van der Waals surface area contributed by atoms with Gasteiger partial charge in [0.05, 0.1) is 6.54 Å². The van der Waals surface area contributed by atoms with Crippen LogP contribution < -0.4 is 5.32 Å². The molecular formula is C24H25N3O5S3. The molecule has 0 saturated heterocycles. The van der Waals surface area contributed by atoms with Crippen LogP contribution in [-0.2, 0) is 21.8 Å². The normalized spacial score (nSPS) is 10.9. The summed E-state index contributed by atoms with van der Waals surface area (Å²) >= 11 is 6.26. The molecule has 184 valence electrons. The maximum atomic E-state index is 12.8. The van der Waals surface area contributed by atoms with Crippen LogP contribution in [0.5, 0.6) is 0 Å². The third-order valence-electron chi connectivity index (χ3n) is 4.66. The van der Waals surface area contributed by atoms with Crippen molar-refractivity contribution < 1.29 is 23.1 Å². The fourth-order valence-corrected chi connectivity index (χ4v) is 3.85. The zero-order chi connectivity index (χ0) is 25.6. The van der Waals surface area contributed by atoms with E-state index in [2.05, 4.69) is 14.7 Å². The predicted molar refractivity (Wildman–Crippen MR) is 140 cm³/mol. The third-order valence-corrected chi connectivity index (χ3v) is 5.90. The highest BCUT2D eigenvalue weighted by Crippen LogP contribution is 2.26. The van der Waals surface area contributed by atoms with Crippen molar-refractivity contribution in [2.24, 2.45) is 4.36 Å². The minimum atomic E-state index is -2.52. The number of amides is 1. The monoisotopic (exact) mass is 531 g/mol. The van der Waals surface area contributed by atoms with Crippen LogP contribution in [0.25, 0.3) is 11.1 Å². The van der Waals surface area contributed by atoms with Crippen LogP contribution in [0.1, 0.15) is 22.3 Å². The molecule has 1 heterocycles. The van der Waals surface area contributed by atoms with Gasteiger partial charge in [-0.2, -0.15) is 24.5 Å². The molecule has 0 aliphatic rings. The number of nitrogens with zero attached hydrogens (tertiary/aromatic N) is 1. The van der Waals surface area contributed by atoms with E-state index in [0.717, 1.165) is 10.2 Å². The topological polar surface area (TPSA) is 129 Å². The van der Waals surface area contributed by atoms with Crippen LogP contribution in [0.2, 0.25) is 0 Å². The minimum absolute atomic E-state index is 0.0384. The Labute approximate surface area is 214 Å². The number of carboxylic acids is 1.